The molecule has 2 aromatic rings. The lowest BCUT2D eigenvalue weighted by molar-refractivity contribution is 0.154. The Morgan fingerprint density at radius 1 is 1.24 bits per heavy atom. The van der Waals surface area contributed by atoms with Crippen LogP contribution >= 0.6 is 11.3 Å². The number of thiophene rings is 1. The summed E-state index contributed by atoms with van der Waals surface area (Å²) in [6.07, 6.45) is 3.33. The van der Waals surface area contributed by atoms with Gasteiger partial charge >= 0.3 is 0 Å². The van der Waals surface area contributed by atoms with Crippen LogP contribution in [0.1, 0.15) is 31.7 Å². The third-order valence-corrected chi connectivity index (χ3v) is 5.97. The van der Waals surface area contributed by atoms with Crippen molar-refractivity contribution in [3.63, 3.8) is 0 Å². The van der Waals surface area contributed by atoms with Crippen LogP contribution in [-0.4, -0.2) is 36.6 Å². The number of nitrogens with two attached hydrogens (primary N) is 1. The van der Waals surface area contributed by atoms with Gasteiger partial charge in [0, 0.05) is 37.4 Å². The molecule has 1 aliphatic rings. The monoisotopic (exact) mass is 361 g/mol. The van der Waals surface area contributed by atoms with E-state index in [9.17, 15) is 4.39 Å². The van der Waals surface area contributed by atoms with E-state index >= 15 is 0 Å². The third kappa shape index (κ3) is 4.81. The van der Waals surface area contributed by atoms with Gasteiger partial charge in [0.2, 0.25) is 0 Å². The summed E-state index contributed by atoms with van der Waals surface area (Å²) in [6.45, 7) is 6.12. The van der Waals surface area contributed by atoms with E-state index in [-0.39, 0.29) is 5.82 Å². The molecular formula is C20H28FN3S. The maximum absolute atomic E-state index is 13.3. The van der Waals surface area contributed by atoms with Crippen LogP contribution < -0.4 is 10.6 Å². The molecule has 25 heavy (non-hydrogen) atoms. The molecule has 0 amide bonds. The SMILES string of the molecule is C[C@H](CCN)N1CCC(N(Cc2ccsc2)c2ccc(F)cc2)CC1. The van der Waals surface area contributed by atoms with Crippen LogP contribution in [-0.2, 0) is 6.54 Å². The first-order valence-corrected chi connectivity index (χ1v) is 10.1. The Morgan fingerprint density at radius 2 is 1.96 bits per heavy atom. The number of piperidine rings is 1. The Kier molecular flexibility index (Phi) is 6.45. The standard InChI is InChI=1S/C20H28FN3S/c1-16(6-10-22)23-11-7-20(8-12-23)24(14-17-9-13-25-15-17)19-4-2-18(21)3-5-19/h2-5,9,13,15-16,20H,6-8,10-12,14,22H2,1H3/t16-/m1/s1. The van der Waals surface area contributed by atoms with Crippen LogP contribution in [0.15, 0.2) is 41.1 Å². The van der Waals surface area contributed by atoms with Gasteiger partial charge in [-0.2, -0.15) is 11.3 Å². The van der Waals surface area contributed by atoms with Gasteiger partial charge in [-0.1, -0.05) is 0 Å². The summed E-state index contributed by atoms with van der Waals surface area (Å²) in [6, 6.07) is 10.2. The van der Waals surface area contributed by atoms with Crippen molar-refractivity contribution in [1.82, 2.24) is 4.90 Å². The molecule has 2 heterocycles. The van der Waals surface area contributed by atoms with Gasteiger partial charge in [0.25, 0.3) is 0 Å². The number of nitrogens with zero attached hydrogens (tertiary/aromatic N) is 2. The highest BCUT2D eigenvalue weighted by atomic mass is 32.1. The number of halogens is 1. The van der Waals surface area contributed by atoms with Gasteiger partial charge in [0.1, 0.15) is 5.82 Å². The van der Waals surface area contributed by atoms with Crippen molar-refractivity contribution in [3.8, 4) is 0 Å². The molecule has 1 aliphatic heterocycles. The zero-order valence-corrected chi connectivity index (χ0v) is 15.7. The van der Waals surface area contributed by atoms with E-state index in [4.69, 9.17) is 5.73 Å². The maximum Gasteiger partial charge on any atom is 0.123 e. The van der Waals surface area contributed by atoms with E-state index in [2.05, 4.69) is 33.6 Å². The molecule has 0 aliphatic carbocycles. The highest BCUT2D eigenvalue weighted by Gasteiger charge is 2.27. The van der Waals surface area contributed by atoms with E-state index in [1.165, 1.54) is 5.56 Å². The Morgan fingerprint density at radius 3 is 2.56 bits per heavy atom. The Bertz CT molecular complexity index is 621. The van der Waals surface area contributed by atoms with E-state index < -0.39 is 0 Å². The summed E-state index contributed by atoms with van der Waals surface area (Å²) in [7, 11) is 0. The Labute approximate surface area is 154 Å². The summed E-state index contributed by atoms with van der Waals surface area (Å²) >= 11 is 1.73. The predicted octanol–water partition coefficient (Wildman–Crippen LogP) is 4.10. The lowest BCUT2D eigenvalue weighted by Gasteiger charge is -2.41. The van der Waals surface area contributed by atoms with Gasteiger partial charge in [-0.25, -0.2) is 4.39 Å². The minimum absolute atomic E-state index is 0.176. The van der Waals surface area contributed by atoms with E-state index in [1.54, 1.807) is 23.5 Å². The van der Waals surface area contributed by atoms with E-state index in [0.717, 1.165) is 51.1 Å². The molecule has 1 aromatic heterocycles. The van der Waals surface area contributed by atoms with Crippen LogP contribution in [0, 0.1) is 5.82 Å². The van der Waals surface area contributed by atoms with Gasteiger partial charge in [0.05, 0.1) is 0 Å². The molecule has 0 spiro atoms. The predicted molar refractivity (Wildman–Crippen MR) is 105 cm³/mol. The largest absolute Gasteiger partial charge is 0.364 e. The van der Waals surface area contributed by atoms with E-state index in [1.807, 2.05) is 12.1 Å². The number of anilines is 1. The van der Waals surface area contributed by atoms with Crippen molar-refractivity contribution in [2.45, 2.75) is 44.8 Å². The van der Waals surface area contributed by atoms with Gasteiger partial charge in [-0.3, -0.25) is 0 Å². The lowest BCUT2D eigenvalue weighted by Crippen LogP contribution is -2.47. The van der Waals surface area contributed by atoms with E-state index in [0.29, 0.717) is 12.1 Å². The molecular weight excluding hydrogens is 333 g/mol. The third-order valence-electron chi connectivity index (χ3n) is 5.24. The molecule has 0 radical (unpaired) electrons. The van der Waals surface area contributed by atoms with Crippen LogP contribution in [0.2, 0.25) is 0 Å². The molecule has 0 saturated carbocycles. The number of benzene rings is 1. The second kappa shape index (κ2) is 8.79. The Hall–Kier alpha value is -1.43. The molecule has 1 atom stereocenters. The van der Waals surface area contributed by atoms with Gasteiger partial charge in [0.15, 0.2) is 0 Å². The average Bonchev–Trinajstić information content (AvgIpc) is 3.14. The molecule has 0 bridgehead atoms. The molecule has 3 rings (SSSR count). The zero-order chi connectivity index (χ0) is 17.6. The van der Waals surface area contributed by atoms with Crippen molar-refractivity contribution in [1.29, 1.82) is 0 Å². The lowest BCUT2D eigenvalue weighted by atomic mass is 9.99. The summed E-state index contributed by atoms with van der Waals surface area (Å²) in [4.78, 5) is 5.00. The summed E-state index contributed by atoms with van der Waals surface area (Å²) < 4.78 is 13.3. The minimum Gasteiger partial charge on any atom is -0.364 e. The quantitative estimate of drug-likeness (QED) is 0.806. The number of hydrogen-bond donors (Lipinski definition) is 1. The van der Waals surface area contributed by atoms with Crippen molar-refractivity contribution < 1.29 is 4.39 Å². The van der Waals surface area contributed by atoms with Crippen molar-refractivity contribution in [2.24, 2.45) is 5.73 Å². The fourth-order valence-corrected chi connectivity index (χ4v) is 4.36. The normalized spacial score (nSPS) is 17.6. The first-order chi connectivity index (χ1) is 12.2. The smallest absolute Gasteiger partial charge is 0.123 e. The topological polar surface area (TPSA) is 32.5 Å². The minimum atomic E-state index is -0.176. The van der Waals surface area contributed by atoms with Gasteiger partial charge in [-0.15, -0.1) is 0 Å². The fourth-order valence-electron chi connectivity index (χ4n) is 3.71. The molecule has 2 N–H and O–H groups in total. The summed E-state index contributed by atoms with van der Waals surface area (Å²) in [5.41, 5.74) is 8.15. The van der Waals surface area contributed by atoms with Crippen molar-refractivity contribution >= 4 is 17.0 Å². The molecule has 1 fully saturated rings. The zero-order valence-electron chi connectivity index (χ0n) is 14.9. The van der Waals surface area contributed by atoms with Crippen molar-refractivity contribution in [2.75, 3.05) is 24.5 Å². The first-order valence-electron chi connectivity index (χ1n) is 9.15. The molecule has 136 valence electrons. The molecule has 0 unspecified atom stereocenters. The first kappa shape index (κ1) is 18.4. The second-order valence-corrected chi connectivity index (χ2v) is 7.71. The summed E-state index contributed by atoms with van der Waals surface area (Å²) in [5, 5.41) is 4.32. The number of likely N-dealkylation sites (tertiary alicyclic amines) is 1. The van der Waals surface area contributed by atoms with Gasteiger partial charge < -0.3 is 15.5 Å². The second-order valence-electron chi connectivity index (χ2n) is 6.93. The number of rotatable bonds is 7. The average molecular weight is 362 g/mol. The van der Waals surface area contributed by atoms with Crippen LogP contribution in [0.25, 0.3) is 0 Å². The fraction of sp³-hybridized carbons (Fsp3) is 0.500. The summed E-state index contributed by atoms with van der Waals surface area (Å²) in [5.74, 6) is -0.176. The Balaban J connectivity index is 1.70. The maximum atomic E-state index is 13.3. The van der Waals surface area contributed by atoms with Crippen LogP contribution in [0.4, 0.5) is 10.1 Å². The van der Waals surface area contributed by atoms with Crippen molar-refractivity contribution in [3.05, 3.63) is 52.5 Å². The number of hydrogen-bond acceptors (Lipinski definition) is 4. The molecule has 3 nitrogen and oxygen atoms in total. The molecule has 5 heteroatoms. The highest BCUT2D eigenvalue weighted by molar-refractivity contribution is 7.07. The molecule has 1 aromatic carbocycles. The highest BCUT2D eigenvalue weighted by Crippen LogP contribution is 2.27. The van der Waals surface area contributed by atoms with Gasteiger partial charge in [-0.05, 0) is 79.4 Å². The van der Waals surface area contributed by atoms with Crippen LogP contribution in [0.3, 0.4) is 0 Å². The van der Waals surface area contributed by atoms with Crippen LogP contribution in [0.5, 0.6) is 0 Å². The molecule has 1 saturated heterocycles.